The third-order valence-corrected chi connectivity index (χ3v) is 4.70. The molecule has 2 fully saturated rings. The summed E-state index contributed by atoms with van der Waals surface area (Å²) in [5, 5.41) is 0. The fraction of sp³-hybridized carbons (Fsp3) is 0.333. The fourth-order valence-corrected chi connectivity index (χ4v) is 3.29. The van der Waals surface area contributed by atoms with E-state index >= 15 is 0 Å². The van der Waals surface area contributed by atoms with Crippen molar-refractivity contribution in [3.05, 3.63) is 71.8 Å². The third-order valence-electron chi connectivity index (χ3n) is 4.70. The zero-order valence-electron chi connectivity index (χ0n) is 15.2. The number of carbonyl (C=O) groups excluding carboxylic acids is 2. The van der Waals surface area contributed by atoms with E-state index in [9.17, 15) is 9.59 Å². The van der Waals surface area contributed by atoms with Crippen LogP contribution in [0.1, 0.15) is 22.2 Å². The van der Waals surface area contributed by atoms with E-state index in [0.717, 1.165) is 5.56 Å². The Labute approximate surface area is 162 Å². The van der Waals surface area contributed by atoms with Crippen LogP contribution in [-0.2, 0) is 28.5 Å². The van der Waals surface area contributed by atoms with Crippen molar-refractivity contribution in [2.75, 3.05) is 13.7 Å². The van der Waals surface area contributed by atoms with E-state index < -0.39 is 42.6 Å². The molecule has 7 heteroatoms. The van der Waals surface area contributed by atoms with Crippen molar-refractivity contribution in [3.63, 3.8) is 0 Å². The molecule has 28 heavy (non-hydrogen) atoms. The zero-order chi connectivity index (χ0) is 19.5. The van der Waals surface area contributed by atoms with Crippen LogP contribution in [0.2, 0.25) is 0 Å². The van der Waals surface area contributed by atoms with Crippen molar-refractivity contribution in [1.29, 1.82) is 0 Å². The first-order valence-corrected chi connectivity index (χ1v) is 8.97. The van der Waals surface area contributed by atoms with E-state index in [0.29, 0.717) is 5.56 Å². The molecule has 0 aliphatic carbocycles. The van der Waals surface area contributed by atoms with Crippen LogP contribution in [0.15, 0.2) is 60.7 Å². The lowest BCUT2D eigenvalue weighted by molar-refractivity contribution is -0.316. The summed E-state index contributed by atoms with van der Waals surface area (Å²) in [6, 6.07) is 17.8. The molecule has 2 aromatic carbocycles. The maximum Gasteiger partial charge on any atom is 0.338 e. The molecule has 146 valence electrons. The lowest BCUT2D eigenvalue weighted by Gasteiger charge is -2.43. The molecule has 2 aliphatic heterocycles. The largest absolute Gasteiger partial charge is 0.448 e. The molecule has 0 unspecified atom stereocenters. The summed E-state index contributed by atoms with van der Waals surface area (Å²) in [6.07, 6.45) is -4.39. The van der Waals surface area contributed by atoms with Gasteiger partial charge in [-0.05, 0) is 12.1 Å². The molecule has 2 heterocycles. The maximum absolute atomic E-state index is 12.8. The van der Waals surface area contributed by atoms with Gasteiger partial charge in [0, 0.05) is 12.7 Å². The lowest BCUT2D eigenvalue weighted by Crippen LogP contribution is -2.61. The van der Waals surface area contributed by atoms with Crippen LogP contribution < -0.4 is 0 Å². The normalized spacial score (nSPS) is 29.8. The summed E-state index contributed by atoms with van der Waals surface area (Å²) in [5.74, 6) is -1.11. The van der Waals surface area contributed by atoms with E-state index in [2.05, 4.69) is 0 Å². The number of benzene rings is 2. The first kappa shape index (κ1) is 18.8. The number of carbonyl (C=O) groups is 2. The number of fused-ring (bicyclic) bond motifs is 1. The topological polar surface area (TPSA) is 80.3 Å². The minimum absolute atomic E-state index is 0.177. The highest BCUT2D eigenvalue weighted by Gasteiger charge is 2.51. The molecule has 0 bridgehead atoms. The van der Waals surface area contributed by atoms with Crippen molar-refractivity contribution in [2.24, 2.45) is 0 Å². The molecule has 0 spiro atoms. The average Bonchev–Trinajstić information content (AvgIpc) is 2.76. The van der Waals surface area contributed by atoms with Crippen LogP contribution in [0.3, 0.4) is 0 Å². The molecule has 2 saturated heterocycles. The Hall–Kier alpha value is -2.58. The molecule has 4 rings (SSSR count). The van der Waals surface area contributed by atoms with Gasteiger partial charge < -0.3 is 23.7 Å². The summed E-state index contributed by atoms with van der Waals surface area (Å²) in [4.78, 5) is 25.3. The van der Waals surface area contributed by atoms with Gasteiger partial charge in [0.15, 0.2) is 12.4 Å². The molecule has 0 N–H and O–H groups in total. The highest BCUT2D eigenvalue weighted by atomic mass is 16.8. The Balaban J connectivity index is 1.57. The van der Waals surface area contributed by atoms with Crippen LogP contribution in [0.25, 0.3) is 0 Å². The van der Waals surface area contributed by atoms with Crippen LogP contribution in [-0.4, -0.2) is 50.1 Å². The van der Waals surface area contributed by atoms with Crippen molar-refractivity contribution < 1.29 is 33.3 Å². The van der Waals surface area contributed by atoms with Gasteiger partial charge in [0.1, 0.15) is 12.2 Å². The van der Waals surface area contributed by atoms with Crippen LogP contribution >= 0.6 is 0 Å². The molecular formula is C21H20O7. The Bertz CT molecular complexity index is 823. The molecule has 0 radical (unpaired) electrons. The van der Waals surface area contributed by atoms with Gasteiger partial charge in [-0.25, -0.2) is 4.79 Å². The predicted octanol–water partition coefficient (Wildman–Crippen LogP) is 2.27. The van der Waals surface area contributed by atoms with Gasteiger partial charge >= 0.3 is 5.97 Å². The average molecular weight is 384 g/mol. The van der Waals surface area contributed by atoms with Crippen LogP contribution in [0, 0.1) is 0 Å². The molecule has 2 aliphatic rings. The minimum atomic E-state index is -1.16. The minimum Gasteiger partial charge on any atom is -0.448 e. The second-order valence-corrected chi connectivity index (χ2v) is 6.51. The highest BCUT2D eigenvalue weighted by Crippen LogP contribution is 2.34. The monoisotopic (exact) mass is 384 g/mol. The molecule has 2 aromatic rings. The number of hydrogen-bond donors (Lipinski definition) is 0. The predicted molar refractivity (Wildman–Crippen MR) is 96.3 cm³/mol. The Morgan fingerprint density at radius 3 is 2.36 bits per heavy atom. The van der Waals surface area contributed by atoms with Crippen LogP contribution in [0.4, 0.5) is 0 Å². The summed E-state index contributed by atoms with van der Waals surface area (Å²) >= 11 is 0. The van der Waals surface area contributed by atoms with E-state index in [1.165, 1.54) is 7.11 Å². The molecule has 0 aromatic heterocycles. The Kier molecular flexibility index (Phi) is 5.50. The van der Waals surface area contributed by atoms with Gasteiger partial charge in [-0.1, -0.05) is 48.5 Å². The highest BCUT2D eigenvalue weighted by molar-refractivity contribution is 5.94. The molecular weight excluding hydrogens is 364 g/mol. The number of methoxy groups -OCH3 is 1. The first-order chi connectivity index (χ1) is 13.7. The Morgan fingerprint density at radius 1 is 1.00 bits per heavy atom. The number of Topliss-reactive ketones (excluding diaryl/α,β-unsaturated/α-hetero) is 1. The molecule has 0 saturated carbocycles. The summed E-state index contributed by atoms with van der Waals surface area (Å²) < 4.78 is 28.0. The zero-order valence-corrected chi connectivity index (χ0v) is 15.2. The van der Waals surface area contributed by atoms with Crippen molar-refractivity contribution in [2.45, 2.75) is 30.9 Å². The number of hydrogen-bond acceptors (Lipinski definition) is 7. The van der Waals surface area contributed by atoms with E-state index in [1.54, 1.807) is 30.3 Å². The van der Waals surface area contributed by atoms with Crippen molar-refractivity contribution in [3.8, 4) is 0 Å². The molecule has 7 nitrogen and oxygen atoms in total. The number of ether oxygens (including phenoxy) is 5. The summed E-state index contributed by atoms with van der Waals surface area (Å²) in [7, 11) is 1.36. The Morgan fingerprint density at radius 2 is 1.68 bits per heavy atom. The van der Waals surface area contributed by atoms with E-state index in [-0.39, 0.29) is 6.61 Å². The van der Waals surface area contributed by atoms with Gasteiger partial charge in [-0.2, -0.15) is 0 Å². The standard InChI is InChI=1S/C21H20O7/c1-24-21-16(22)18(27-19(23)13-8-4-2-5-9-13)17-15(26-21)12-25-20(28-17)14-10-6-3-7-11-14/h2-11,15,17-18,20-21H,12H2,1H3/t15-,17+,18-,20-,21+/m1/s1. The van der Waals surface area contributed by atoms with E-state index in [4.69, 9.17) is 23.7 Å². The van der Waals surface area contributed by atoms with Gasteiger partial charge in [0.05, 0.1) is 12.2 Å². The summed E-state index contributed by atoms with van der Waals surface area (Å²) in [6.45, 7) is 0.177. The van der Waals surface area contributed by atoms with Crippen LogP contribution in [0.5, 0.6) is 0 Å². The number of esters is 1. The third kappa shape index (κ3) is 3.70. The first-order valence-electron chi connectivity index (χ1n) is 8.97. The van der Waals surface area contributed by atoms with Gasteiger partial charge in [0.25, 0.3) is 0 Å². The number of ketones is 1. The van der Waals surface area contributed by atoms with Crippen molar-refractivity contribution >= 4 is 11.8 Å². The quantitative estimate of drug-likeness (QED) is 0.748. The second kappa shape index (κ2) is 8.20. The molecule has 5 atom stereocenters. The number of rotatable bonds is 4. The lowest BCUT2D eigenvalue weighted by atomic mass is 9.98. The second-order valence-electron chi connectivity index (χ2n) is 6.51. The van der Waals surface area contributed by atoms with Gasteiger partial charge in [-0.3, -0.25) is 4.79 Å². The smallest absolute Gasteiger partial charge is 0.338 e. The molecule has 0 amide bonds. The van der Waals surface area contributed by atoms with Crippen molar-refractivity contribution in [1.82, 2.24) is 0 Å². The summed E-state index contributed by atoms with van der Waals surface area (Å²) in [5.41, 5.74) is 1.15. The maximum atomic E-state index is 12.8. The van der Waals surface area contributed by atoms with E-state index in [1.807, 2.05) is 30.3 Å². The SMILES string of the molecule is CO[C@H]1O[C@@H]2CO[C@@H](c3ccccc3)O[C@@H]2[C@H](OC(=O)c2ccccc2)C1=O. The van der Waals surface area contributed by atoms with Gasteiger partial charge in [0.2, 0.25) is 12.1 Å². The van der Waals surface area contributed by atoms with Gasteiger partial charge in [-0.15, -0.1) is 0 Å². The fourth-order valence-electron chi connectivity index (χ4n) is 3.29.